The van der Waals surface area contributed by atoms with Gasteiger partial charge in [0.05, 0.1) is 6.07 Å². The molecule has 0 spiro atoms. The fourth-order valence-electron chi connectivity index (χ4n) is 3.12. The van der Waals surface area contributed by atoms with E-state index in [-0.39, 0.29) is 5.54 Å². The van der Waals surface area contributed by atoms with Crippen LogP contribution in [0.3, 0.4) is 0 Å². The molecule has 1 fully saturated rings. The molecule has 0 radical (unpaired) electrons. The average Bonchev–Trinajstić information content (AvgIpc) is 2.94. The Morgan fingerprint density at radius 2 is 2.16 bits per heavy atom. The average molecular weight is 258 g/mol. The number of rotatable bonds is 2. The fourth-order valence-corrected chi connectivity index (χ4v) is 3.12. The molecule has 0 aromatic heterocycles. The van der Waals surface area contributed by atoms with Gasteiger partial charge >= 0.3 is 0 Å². The van der Waals surface area contributed by atoms with Gasteiger partial charge in [-0.1, -0.05) is 0 Å². The van der Waals surface area contributed by atoms with Crippen molar-refractivity contribution in [2.75, 3.05) is 18.2 Å². The minimum Gasteiger partial charge on any atom is -0.454 e. The van der Waals surface area contributed by atoms with Gasteiger partial charge in [-0.3, -0.25) is 0 Å². The van der Waals surface area contributed by atoms with Gasteiger partial charge in [-0.05, 0) is 38.3 Å². The predicted octanol–water partition coefficient (Wildman–Crippen LogP) is 2.93. The fraction of sp³-hybridized carbons (Fsp3) is 0.533. The smallest absolute Gasteiger partial charge is 0.231 e. The van der Waals surface area contributed by atoms with E-state index in [0.717, 1.165) is 30.2 Å². The Balaban J connectivity index is 1.89. The highest BCUT2D eigenvalue weighted by Gasteiger charge is 2.41. The Labute approximate surface area is 113 Å². The number of nitriles is 1. The van der Waals surface area contributed by atoms with Crippen LogP contribution >= 0.6 is 0 Å². The highest BCUT2D eigenvalue weighted by atomic mass is 16.7. The summed E-state index contributed by atoms with van der Waals surface area (Å²) in [5.74, 6) is 2.05. The third kappa shape index (κ3) is 1.90. The van der Waals surface area contributed by atoms with E-state index in [0.29, 0.717) is 19.1 Å². The molecule has 1 aromatic rings. The lowest BCUT2D eigenvalue weighted by Gasteiger charge is -2.37. The normalized spacial score (nSPS) is 23.4. The molecule has 0 bridgehead atoms. The molecule has 0 saturated carbocycles. The summed E-state index contributed by atoms with van der Waals surface area (Å²) >= 11 is 0. The number of nitrogens with zero attached hydrogens (tertiary/aromatic N) is 2. The Kier molecular flexibility index (Phi) is 2.78. The van der Waals surface area contributed by atoms with E-state index in [1.807, 2.05) is 12.1 Å². The second kappa shape index (κ2) is 4.34. The van der Waals surface area contributed by atoms with Gasteiger partial charge in [0, 0.05) is 30.3 Å². The Morgan fingerprint density at radius 1 is 1.37 bits per heavy atom. The summed E-state index contributed by atoms with van der Waals surface area (Å²) in [7, 11) is 0. The number of hydrogen-bond acceptors (Lipinski definition) is 4. The maximum Gasteiger partial charge on any atom is 0.231 e. The lowest BCUT2D eigenvalue weighted by atomic mass is 9.86. The van der Waals surface area contributed by atoms with Crippen molar-refractivity contribution in [3.8, 4) is 17.6 Å². The van der Waals surface area contributed by atoms with Gasteiger partial charge < -0.3 is 14.4 Å². The molecule has 0 amide bonds. The topological polar surface area (TPSA) is 45.5 Å². The molecule has 1 atom stereocenters. The van der Waals surface area contributed by atoms with E-state index < -0.39 is 0 Å². The first-order valence-electron chi connectivity index (χ1n) is 6.67. The van der Waals surface area contributed by atoms with E-state index >= 15 is 0 Å². The standard InChI is InChI=1S/C15H18N2O2/c1-15(2)11(5-7-16)6-8-17(15)12-3-4-13-14(9-12)19-10-18-13/h3-4,9,11H,5-6,8,10H2,1-2H3. The molecule has 0 aliphatic carbocycles. The van der Waals surface area contributed by atoms with Crippen molar-refractivity contribution >= 4 is 5.69 Å². The molecule has 100 valence electrons. The molecule has 3 rings (SSSR count). The van der Waals surface area contributed by atoms with Crippen LogP contribution in [0.4, 0.5) is 5.69 Å². The van der Waals surface area contributed by atoms with Crippen LogP contribution in [-0.2, 0) is 0 Å². The van der Waals surface area contributed by atoms with Crippen LogP contribution in [0, 0.1) is 17.2 Å². The summed E-state index contributed by atoms with van der Waals surface area (Å²) in [4.78, 5) is 2.37. The van der Waals surface area contributed by atoms with Gasteiger partial charge in [0.1, 0.15) is 0 Å². The Hall–Kier alpha value is -1.89. The molecule has 1 unspecified atom stereocenters. The van der Waals surface area contributed by atoms with Crippen molar-refractivity contribution in [1.29, 1.82) is 5.26 Å². The maximum atomic E-state index is 8.94. The van der Waals surface area contributed by atoms with Gasteiger partial charge in [0.25, 0.3) is 0 Å². The zero-order valence-electron chi connectivity index (χ0n) is 11.3. The summed E-state index contributed by atoms with van der Waals surface area (Å²) in [5, 5.41) is 8.94. The van der Waals surface area contributed by atoms with Crippen molar-refractivity contribution in [3.63, 3.8) is 0 Å². The van der Waals surface area contributed by atoms with Crippen LogP contribution in [0.1, 0.15) is 26.7 Å². The van der Waals surface area contributed by atoms with Gasteiger partial charge in [-0.15, -0.1) is 0 Å². The zero-order chi connectivity index (χ0) is 13.5. The summed E-state index contributed by atoms with van der Waals surface area (Å²) in [6.07, 6.45) is 1.68. The highest BCUT2D eigenvalue weighted by Crippen LogP contribution is 2.43. The summed E-state index contributed by atoms with van der Waals surface area (Å²) in [6, 6.07) is 8.39. The van der Waals surface area contributed by atoms with E-state index in [1.54, 1.807) is 0 Å². The summed E-state index contributed by atoms with van der Waals surface area (Å²) in [6.45, 7) is 5.72. The molecule has 2 aliphatic rings. The largest absolute Gasteiger partial charge is 0.454 e. The van der Waals surface area contributed by atoms with Crippen LogP contribution < -0.4 is 14.4 Å². The first-order valence-corrected chi connectivity index (χ1v) is 6.67. The molecule has 1 aromatic carbocycles. The van der Waals surface area contributed by atoms with Crippen LogP contribution in [0.25, 0.3) is 0 Å². The van der Waals surface area contributed by atoms with Crippen molar-refractivity contribution in [1.82, 2.24) is 0 Å². The molecule has 19 heavy (non-hydrogen) atoms. The van der Waals surface area contributed by atoms with Gasteiger partial charge in [0.15, 0.2) is 11.5 Å². The second-order valence-electron chi connectivity index (χ2n) is 5.69. The van der Waals surface area contributed by atoms with Crippen molar-refractivity contribution in [3.05, 3.63) is 18.2 Å². The van der Waals surface area contributed by atoms with Crippen molar-refractivity contribution in [2.24, 2.45) is 5.92 Å². The number of fused-ring (bicyclic) bond motifs is 1. The van der Waals surface area contributed by atoms with Crippen LogP contribution in [-0.4, -0.2) is 18.9 Å². The van der Waals surface area contributed by atoms with Crippen LogP contribution in [0.2, 0.25) is 0 Å². The van der Waals surface area contributed by atoms with Gasteiger partial charge in [-0.25, -0.2) is 0 Å². The van der Waals surface area contributed by atoms with Gasteiger partial charge in [0.2, 0.25) is 6.79 Å². The number of ether oxygens (including phenoxy) is 2. The number of anilines is 1. The molecule has 4 heteroatoms. The van der Waals surface area contributed by atoms with Crippen molar-refractivity contribution < 1.29 is 9.47 Å². The first-order chi connectivity index (χ1) is 9.13. The quantitative estimate of drug-likeness (QED) is 0.818. The van der Waals surface area contributed by atoms with Crippen LogP contribution in [0.5, 0.6) is 11.5 Å². The zero-order valence-corrected chi connectivity index (χ0v) is 11.3. The summed E-state index contributed by atoms with van der Waals surface area (Å²) in [5.41, 5.74) is 1.15. The monoisotopic (exact) mass is 258 g/mol. The molecule has 1 saturated heterocycles. The van der Waals surface area contributed by atoms with Gasteiger partial charge in [-0.2, -0.15) is 5.26 Å². The minimum atomic E-state index is 0.00340. The predicted molar refractivity (Wildman–Crippen MR) is 72.3 cm³/mol. The molecule has 2 aliphatic heterocycles. The third-order valence-electron chi connectivity index (χ3n) is 4.40. The molecule has 0 N–H and O–H groups in total. The first kappa shape index (κ1) is 12.2. The lowest BCUT2D eigenvalue weighted by molar-refractivity contribution is 0.174. The van der Waals surface area contributed by atoms with E-state index in [4.69, 9.17) is 14.7 Å². The Bertz CT molecular complexity index is 533. The van der Waals surface area contributed by atoms with E-state index in [2.05, 4.69) is 30.9 Å². The van der Waals surface area contributed by atoms with E-state index in [1.165, 1.54) is 0 Å². The lowest BCUT2D eigenvalue weighted by Crippen LogP contribution is -2.42. The number of benzene rings is 1. The second-order valence-corrected chi connectivity index (χ2v) is 5.69. The number of hydrogen-bond donors (Lipinski definition) is 0. The maximum absolute atomic E-state index is 8.94. The molecule has 4 nitrogen and oxygen atoms in total. The Morgan fingerprint density at radius 3 is 2.95 bits per heavy atom. The minimum absolute atomic E-state index is 0.00340. The van der Waals surface area contributed by atoms with E-state index in [9.17, 15) is 0 Å². The SMILES string of the molecule is CC1(C)C(CC#N)CCN1c1ccc2c(c1)OCO2. The highest BCUT2D eigenvalue weighted by molar-refractivity contribution is 5.59. The summed E-state index contributed by atoms with van der Waals surface area (Å²) < 4.78 is 10.8. The van der Waals surface area contributed by atoms with Crippen molar-refractivity contribution in [2.45, 2.75) is 32.2 Å². The molecular formula is C15H18N2O2. The molecular weight excluding hydrogens is 240 g/mol. The molecule has 2 heterocycles. The third-order valence-corrected chi connectivity index (χ3v) is 4.40. The van der Waals surface area contributed by atoms with Crippen LogP contribution in [0.15, 0.2) is 18.2 Å².